The van der Waals surface area contributed by atoms with Gasteiger partial charge in [0.25, 0.3) is 0 Å². The zero-order valence-corrected chi connectivity index (χ0v) is 12.8. The molecule has 0 heterocycles. The number of nitrogens with zero attached hydrogens (tertiary/aromatic N) is 1. The molecule has 2 unspecified atom stereocenters. The Labute approximate surface area is 114 Å². The average molecular weight is 252 g/mol. The summed E-state index contributed by atoms with van der Waals surface area (Å²) in [5.41, 5.74) is 0.541. The Morgan fingerprint density at radius 2 is 2.00 bits per heavy atom. The van der Waals surface area contributed by atoms with E-state index >= 15 is 0 Å². The van der Waals surface area contributed by atoms with E-state index in [1.807, 2.05) is 0 Å². The van der Waals surface area contributed by atoms with E-state index in [0.29, 0.717) is 11.5 Å². The molecule has 0 amide bonds. The van der Waals surface area contributed by atoms with Gasteiger partial charge < -0.3 is 10.2 Å². The van der Waals surface area contributed by atoms with Crippen molar-refractivity contribution in [1.82, 2.24) is 10.2 Å². The van der Waals surface area contributed by atoms with Gasteiger partial charge in [-0.1, -0.05) is 33.6 Å². The van der Waals surface area contributed by atoms with Gasteiger partial charge in [0.05, 0.1) is 0 Å². The van der Waals surface area contributed by atoms with E-state index in [1.54, 1.807) is 0 Å². The Kier molecular flexibility index (Phi) is 4.71. The summed E-state index contributed by atoms with van der Waals surface area (Å²) < 4.78 is 0. The van der Waals surface area contributed by atoms with Crippen LogP contribution in [0.1, 0.15) is 59.3 Å². The van der Waals surface area contributed by atoms with Crippen LogP contribution in [-0.2, 0) is 0 Å². The topological polar surface area (TPSA) is 15.3 Å². The van der Waals surface area contributed by atoms with Crippen molar-refractivity contribution in [2.75, 3.05) is 20.1 Å². The van der Waals surface area contributed by atoms with Crippen molar-refractivity contribution in [3.63, 3.8) is 0 Å². The van der Waals surface area contributed by atoms with Gasteiger partial charge in [-0.05, 0) is 44.1 Å². The number of rotatable bonds is 6. The van der Waals surface area contributed by atoms with Crippen LogP contribution in [0.3, 0.4) is 0 Å². The highest BCUT2D eigenvalue weighted by molar-refractivity contribution is 4.93. The van der Waals surface area contributed by atoms with Crippen LogP contribution >= 0.6 is 0 Å². The highest BCUT2D eigenvalue weighted by Gasteiger charge is 2.38. The van der Waals surface area contributed by atoms with Crippen LogP contribution in [0.15, 0.2) is 0 Å². The lowest BCUT2D eigenvalue weighted by atomic mass is 9.69. The van der Waals surface area contributed by atoms with Gasteiger partial charge >= 0.3 is 0 Å². The van der Waals surface area contributed by atoms with Crippen molar-refractivity contribution in [2.24, 2.45) is 11.3 Å². The zero-order valence-electron chi connectivity index (χ0n) is 12.8. The lowest BCUT2D eigenvalue weighted by Gasteiger charge is -2.43. The molecule has 2 rings (SSSR count). The molecule has 2 saturated carbocycles. The average Bonchev–Trinajstić information content (AvgIpc) is 3.10. The Morgan fingerprint density at radius 1 is 1.28 bits per heavy atom. The standard InChI is InChI=1S/C16H32N2/c1-13(2)17-11-16(9-5-6-14(3)10-16)12-18(4)15-7-8-15/h13-15,17H,5-12H2,1-4H3. The summed E-state index contributed by atoms with van der Waals surface area (Å²) in [6.07, 6.45) is 8.58. The van der Waals surface area contributed by atoms with Crippen LogP contribution in [-0.4, -0.2) is 37.1 Å². The fourth-order valence-corrected chi connectivity index (χ4v) is 3.72. The maximum atomic E-state index is 3.71. The first-order chi connectivity index (χ1) is 8.51. The second-order valence-corrected chi connectivity index (χ2v) is 7.38. The van der Waals surface area contributed by atoms with Crippen molar-refractivity contribution < 1.29 is 0 Å². The molecule has 2 heteroatoms. The van der Waals surface area contributed by atoms with Gasteiger partial charge in [0.2, 0.25) is 0 Å². The van der Waals surface area contributed by atoms with Crippen LogP contribution in [0.5, 0.6) is 0 Å². The van der Waals surface area contributed by atoms with E-state index < -0.39 is 0 Å². The van der Waals surface area contributed by atoms with E-state index in [9.17, 15) is 0 Å². The lowest BCUT2D eigenvalue weighted by molar-refractivity contribution is 0.0866. The highest BCUT2D eigenvalue weighted by Crippen LogP contribution is 2.41. The summed E-state index contributed by atoms with van der Waals surface area (Å²) in [4.78, 5) is 2.64. The molecule has 2 aliphatic rings. The van der Waals surface area contributed by atoms with E-state index in [1.165, 1.54) is 51.6 Å². The zero-order chi connectivity index (χ0) is 13.2. The van der Waals surface area contributed by atoms with Crippen molar-refractivity contribution in [3.8, 4) is 0 Å². The summed E-state index contributed by atoms with van der Waals surface area (Å²) in [5.74, 6) is 0.917. The second kappa shape index (κ2) is 5.92. The van der Waals surface area contributed by atoms with Crippen molar-refractivity contribution in [1.29, 1.82) is 0 Å². The largest absolute Gasteiger partial charge is 0.314 e. The molecule has 2 atom stereocenters. The molecule has 0 bridgehead atoms. The molecule has 2 fully saturated rings. The van der Waals surface area contributed by atoms with Crippen molar-refractivity contribution in [2.45, 2.75) is 71.4 Å². The fraction of sp³-hybridized carbons (Fsp3) is 1.00. The molecular weight excluding hydrogens is 220 g/mol. The highest BCUT2D eigenvalue weighted by atomic mass is 15.2. The summed E-state index contributed by atoms with van der Waals surface area (Å²) in [6, 6.07) is 1.52. The van der Waals surface area contributed by atoms with Crippen LogP contribution < -0.4 is 5.32 Å². The predicted octanol–water partition coefficient (Wildman–Crippen LogP) is 3.28. The van der Waals surface area contributed by atoms with E-state index in [4.69, 9.17) is 0 Å². The van der Waals surface area contributed by atoms with Gasteiger partial charge in [-0.2, -0.15) is 0 Å². The Bertz CT molecular complexity index is 260. The van der Waals surface area contributed by atoms with Crippen molar-refractivity contribution in [3.05, 3.63) is 0 Å². The first kappa shape index (κ1) is 14.3. The third-order valence-electron chi connectivity index (χ3n) is 4.83. The smallest absolute Gasteiger partial charge is 0.00936 e. The molecule has 0 aliphatic heterocycles. The molecule has 2 nitrogen and oxygen atoms in total. The van der Waals surface area contributed by atoms with Gasteiger partial charge in [0.15, 0.2) is 0 Å². The number of hydrogen-bond acceptors (Lipinski definition) is 2. The Morgan fingerprint density at radius 3 is 2.56 bits per heavy atom. The first-order valence-corrected chi connectivity index (χ1v) is 7.94. The molecule has 0 aromatic rings. The first-order valence-electron chi connectivity index (χ1n) is 7.94. The minimum Gasteiger partial charge on any atom is -0.314 e. The fourth-order valence-electron chi connectivity index (χ4n) is 3.72. The third kappa shape index (κ3) is 3.96. The van der Waals surface area contributed by atoms with Gasteiger partial charge in [-0.25, -0.2) is 0 Å². The summed E-state index contributed by atoms with van der Waals surface area (Å²) in [7, 11) is 2.34. The summed E-state index contributed by atoms with van der Waals surface area (Å²) in [6.45, 7) is 9.50. The summed E-state index contributed by atoms with van der Waals surface area (Å²) in [5, 5.41) is 3.71. The molecule has 0 aromatic carbocycles. The summed E-state index contributed by atoms with van der Waals surface area (Å²) >= 11 is 0. The normalized spacial score (nSPS) is 33.3. The van der Waals surface area contributed by atoms with Crippen LogP contribution in [0.2, 0.25) is 0 Å². The maximum Gasteiger partial charge on any atom is 0.00936 e. The monoisotopic (exact) mass is 252 g/mol. The van der Waals surface area contributed by atoms with E-state index in [0.717, 1.165) is 12.0 Å². The van der Waals surface area contributed by atoms with Crippen LogP contribution in [0, 0.1) is 11.3 Å². The lowest BCUT2D eigenvalue weighted by Crippen LogP contribution is -2.47. The Hall–Kier alpha value is -0.0800. The quantitative estimate of drug-likeness (QED) is 0.780. The van der Waals surface area contributed by atoms with E-state index in [2.05, 4.69) is 38.0 Å². The molecule has 2 aliphatic carbocycles. The molecule has 106 valence electrons. The van der Waals surface area contributed by atoms with Crippen LogP contribution in [0.25, 0.3) is 0 Å². The van der Waals surface area contributed by atoms with Crippen molar-refractivity contribution >= 4 is 0 Å². The minimum absolute atomic E-state index is 0.541. The molecule has 0 saturated heterocycles. The Balaban J connectivity index is 1.95. The van der Waals surface area contributed by atoms with Gasteiger partial charge in [-0.3, -0.25) is 0 Å². The maximum absolute atomic E-state index is 3.71. The molecule has 1 N–H and O–H groups in total. The SMILES string of the molecule is CC1CCCC(CNC(C)C)(CN(C)C2CC2)C1. The number of nitrogens with one attached hydrogen (secondary N) is 1. The van der Waals surface area contributed by atoms with Gasteiger partial charge in [0, 0.05) is 25.2 Å². The number of hydrogen-bond donors (Lipinski definition) is 1. The van der Waals surface area contributed by atoms with Gasteiger partial charge in [-0.15, -0.1) is 0 Å². The molecule has 0 spiro atoms. The molecule has 0 aromatic heterocycles. The predicted molar refractivity (Wildman–Crippen MR) is 78.9 cm³/mol. The van der Waals surface area contributed by atoms with Crippen LogP contribution in [0.4, 0.5) is 0 Å². The van der Waals surface area contributed by atoms with E-state index in [-0.39, 0.29) is 0 Å². The third-order valence-corrected chi connectivity index (χ3v) is 4.83. The van der Waals surface area contributed by atoms with Gasteiger partial charge in [0.1, 0.15) is 0 Å². The second-order valence-electron chi connectivity index (χ2n) is 7.38. The molecule has 18 heavy (non-hydrogen) atoms. The molecule has 0 radical (unpaired) electrons. The molecular formula is C16H32N2. The minimum atomic E-state index is 0.541.